The Morgan fingerprint density at radius 2 is 2.19 bits per heavy atom. The maximum Gasteiger partial charge on any atom is 0.292 e. The van der Waals surface area contributed by atoms with Gasteiger partial charge in [0.1, 0.15) is 0 Å². The summed E-state index contributed by atoms with van der Waals surface area (Å²) < 4.78 is 7.36. The van der Waals surface area contributed by atoms with Crippen LogP contribution in [-0.4, -0.2) is 9.55 Å². The Morgan fingerprint density at radius 1 is 1.31 bits per heavy atom. The fourth-order valence-electron chi connectivity index (χ4n) is 1.86. The summed E-state index contributed by atoms with van der Waals surface area (Å²) in [5.74, 6) is 0.697. The molecular formula is C12H11N3O. The van der Waals surface area contributed by atoms with Gasteiger partial charge < -0.3 is 14.7 Å². The Morgan fingerprint density at radius 3 is 2.94 bits per heavy atom. The van der Waals surface area contributed by atoms with Crippen LogP contribution >= 0.6 is 0 Å². The standard InChI is InChI=1S/C12H11N3O/c1-15-5-4-8-6-9(2-3-10(8)15)11-7-14-12(13)16-11/h2-7H,1H3,(H2,13,14). The maximum absolute atomic E-state index is 5.45. The van der Waals surface area contributed by atoms with Crippen molar-refractivity contribution in [3.63, 3.8) is 0 Å². The number of aromatic nitrogens is 2. The lowest BCUT2D eigenvalue weighted by molar-refractivity contribution is 0.595. The molecule has 0 saturated heterocycles. The molecule has 80 valence electrons. The molecule has 4 heteroatoms. The van der Waals surface area contributed by atoms with Crippen LogP contribution in [-0.2, 0) is 7.05 Å². The molecule has 3 aromatic rings. The first-order chi connectivity index (χ1) is 7.74. The molecule has 0 aliphatic carbocycles. The van der Waals surface area contributed by atoms with E-state index in [4.69, 9.17) is 10.2 Å². The van der Waals surface area contributed by atoms with Crippen molar-refractivity contribution in [1.29, 1.82) is 0 Å². The number of aryl methyl sites for hydroxylation is 1. The average Bonchev–Trinajstić information content (AvgIpc) is 2.86. The number of nitrogens with two attached hydrogens (primary N) is 1. The van der Waals surface area contributed by atoms with Gasteiger partial charge in [-0.3, -0.25) is 0 Å². The smallest absolute Gasteiger partial charge is 0.292 e. The highest BCUT2D eigenvalue weighted by molar-refractivity contribution is 5.84. The van der Waals surface area contributed by atoms with Crippen molar-refractivity contribution in [1.82, 2.24) is 9.55 Å². The minimum absolute atomic E-state index is 0.197. The van der Waals surface area contributed by atoms with Gasteiger partial charge in [0.05, 0.1) is 6.20 Å². The summed E-state index contributed by atoms with van der Waals surface area (Å²) in [5.41, 5.74) is 7.63. The van der Waals surface area contributed by atoms with Crippen molar-refractivity contribution < 1.29 is 4.42 Å². The Bertz CT molecular complexity index is 651. The van der Waals surface area contributed by atoms with E-state index in [9.17, 15) is 0 Å². The number of nitrogens with zero attached hydrogens (tertiary/aromatic N) is 2. The van der Waals surface area contributed by atoms with Crippen molar-refractivity contribution in [3.05, 3.63) is 36.7 Å². The van der Waals surface area contributed by atoms with Crippen molar-refractivity contribution in [2.45, 2.75) is 0 Å². The molecule has 2 N–H and O–H groups in total. The highest BCUT2D eigenvalue weighted by Gasteiger charge is 2.05. The van der Waals surface area contributed by atoms with Crippen molar-refractivity contribution >= 4 is 16.9 Å². The van der Waals surface area contributed by atoms with Crippen LogP contribution in [0.2, 0.25) is 0 Å². The summed E-state index contributed by atoms with van der Waals surface area (Å²) >= 11 is 0. The Labute approximate surface area is 92.3 Å². The Hall–Kier alpha value is -2.23. The summed E-state index contributed by atoms with van der Waals surface area (Å²) in [5, 5.41) is 1.18. The van der Waals surface area contributed by atoms with Crippen LogP contribution in [0, 0.1) is 0 Å². The van der Waals surface area contributed by atoms with Gasteiger partial charge in [-0.15, -0.1) is 0 Å². The van der Waals surface area contributed by atoms with Crippen LogP contribution in [0.3, 0.4) is 0 Å². The Balaban J connectivity index is 2.18. The van der Waals surface area contributed by atoms with E-state index in [1.165, 1.54) is 10.9 Å². The summed E-state index contributed by atoms with van der Waals surface area (Å²) in [6.07, 6.45) is 3.67. The first-order valence-corrected chi connectivity index (χ1v) is 5.01. The van der Waals surface area contributed by atoms with E-state index < -0.39 is 0 Å². The molecule has 2 aromatic heterocycles. The van der Waals surface area contributed by atoms with Gasteiger partial charge in [0, 0.05) is 29.7 Å². The number of oxazole rings is 1. The van der Waals surface area contributed by atoms with Crippen LogP contribution in [0.5, 0.6) is 0 Å². The van der Waals surface area contributed by atoms with Crippen molar-refractivity contribution in [2.24, 2.45) is 7.05 Å². The van der Waals surface area contributed by atoms with Crippen LogP contribution in [0.15, 0.2) is 41.1 Å². The number of nitrogen functional groups attached to an aromatic ring is 1. The Kier molecular flexibility index (Phi) is 1.77. The largest absolute Gasteiger partial charge is 0.424 e. The topological polar surface area (TPSA) is 57.0 Å². The molecule has 0 unspecified atom stereocenters. The summed E-state index contributed by atoms with van der Waals surface area (Å²) in [6, 6.07) is 8.39. The molecule has 0 spiro atoms. The van der Waals surface area contributed by atoms with Gasteiger partial charge >= 0.3 is 0 Å². The van der Waals surface area contributed by atoms with Gasteiger partial charge in [-0.1, -0.05) is 0 Å². The number of hydrogen-bond donors (Lipinski definition) is 1. The number of hydrogen-bond acceptors (Lipinski definition) is 3. The third kappa shape index (κ3) is 1.27. The molecule has 0 radical (unpaired) electrons. The second-order valence-corrected chi connectivity index (χ2v) is 3.76. The maximum atomic E-state index is 5.45. The first-order valence-electron chi connectivity index (χ1n) is 5.01. The molecule has 0 amide bonds. The van der Waals surface area contributed by atoms with Gasteiger partial charge in [-0.25, -0.2) is 4.98 Å². The van der Waals surface area contributed by atoms with E-state index in [0.717, 1.165) is 5.56 Å². The van der Waals surface area contributed by atoms with E-state index in [2.05, 4.69) is 27.8 Å². The lowest BCUT2D eigenvalue weighted by Crippen LogP contribution is -1.83. The number of benzene rings is 1. The predicted octanol–water partition coefficient (Wildman–Crippen LogP) is 2.42. The SMILES string of the molecule is Cn1ccc2cc(-c3cnc(N)o3)ccc21. The molecule has 1 aromatic carbocycles. The zero-order chi connectivity index (χ0) is 11.1. The summed E-state index contributed by atoms with van der Waals surface area (Å²) in [7, 11) is 2.02. The molecule has 3 rings (SSSR count). The quantitative estimate of drug-likeness (QED) is 0.675. The number of rotatable bonds is 1. The zero-order valence-corrected chi connectivity index (χ0v) is 8.84. The minimum Gasteiger partial charge on any atom is -0.424 e. The minimum atomic E-state index is 0.197. The molecule has 16 heavy (non-hydrogen) atoms. The van der Waals surface area contributed by atoms with E-state index in [0.29, 0.717) is 5.76 Å². The van der Waals surface area contributed by atoms with Crippen LogP contribution in [0.25, 0.3) is 22.2 Å². The average molecular weight is 213 g/mol. The molecule has 0 aliphatic rings. The third-order valence-electron chi connectivity index (χ3n) is 2.69. The molecule has 0 atom stereocenters. The highest BCUT2D eigenvalue weighted by atomic mass is 16.4. The number of anilines is 1. The van der Waals surface area contributed by atoms with Crippen LogP contribution < -0.4 is 5.73 Å². The van der Waals surface area contributed by atoms with Crippen LogP contribution in [0.1, 0.15) is 0 Å². The lowest BCUT2D eigenvalue weighted by Gasteiger charge is -1.98. The second-order valence-electron chi connectivity index (χ2n) is 3.76. The molecular weight excluding hydrogens is 202 g/mol. The molecule has 0 saturated carbocycles. The van der Waals surface area contributed by atoms with E-state index in [1.54, 1.807) is 6.20 Å². The molecule has 2 heterocycles. The lowest BCUT2D eigenvalue weighted by atomic mass is 10.1. The number of fused-ring (bicyclic) bond motifs is 1. The molecule has 0 aliphatic heterocycles. The second kappa shape index (κ2) is 3.13. The van der Waals surface area contributed by atoms with Gasteiger partial charge in [0.15, 0.2) is 5.76 Å². The fourth-order valence-corrected chi connectivity index (χ4v) is 1.86. The van der Waals surface area contributed by atoms with Gasteiger partial charge in [-0.05, 0) is 24.3 Å². The molecule has 4 nitrogen and oxygen atoms in total. The molecule has 0 fully saturated rings. The van der Waals surface area contributed by atoms with E-state index >= 15 is 0 Å². The third-order valence-corrected chi connectivity index (χ3v) is 2.69. The summed E-state index contributed by atoms with van der Waals surface area (Å²) in [4.78, 5) is 3.88. The van der Waals surface area contributed by atoms with E-state index in [1.807, 2.05) is 19.3 Å². The van der Waals surface area contributed by atoms with Crippen LogP contribution in [0.4, 0.5) is 6.01 Å². The van der Waals surface area contributed by atoms with Crippen molar-refractivity contribution in [2.75, 3.05) is 5.73 Å². The summed E-state index contributed by atoms with van der Waals surface area (Å²) in [6.45, 7) is 0. The fraction of sp³-hybridized carbons (Fsp3) is 0.0833. The van der Waals surface area contributed by atoms with E-state index in [-0.39, 0.29) is 6.01 Å². The predicted molar refractivity (Wildman–Crippen MR) is 62.8 cm³/mol. The highest BCUT2D eigenvalue weighted by Crippen LogP contribution is 2.25. The normalized spacial score (nSPS) is 11.1. The van der Waals surface area contributed by atoms with Gasteiger partial charge in [0.25, 0.3) is 6.01 Å². The van der Waals surface area contributed by atoms with Gasteiger partial charge in [-0.2, -0.15) is 0 Å². The zero-order valence-electron chi connectivity index (χ0n) is 8.84. The monoisotopic (exact) mass is 213 g/mol. The molecule has 0 bridgehead atoms. The first kappa shape index (κ1) is 9.03. The van der Waals surface area contributed by atoms with Gasteiger partial charge in [0.2, 0.25) is 0 Å². The van der Waals surface area contributed by atoms with Crippen molar-refractivity contribution in [3.8, 4) is 11.3 Å².